The zero-order valence-electron chi connectivity index (χ0n) is 16.4. The fraction of sp³-hybridized carbons (Fsp3) is 0.120. The smallest absolute Gasteiger partial charge is 0.291 e. The minimum atomic E-state index is -0.912. The van der Waals surface area contributed by atoms with Crippen molar-refractivity contribution < 1.29 is 14.3 Å². The number of carbonyl (C=O) groups excluding carboxylic acids is 1. The van der Waals surface area contributed by atoms with E-state index in [4.69, 9.17) is 16.0 Å². The first kappa shape index (κ1) is 19.5. The summed E-state index contributed by atoms with van der Waals surface area (Å²) in [6.07, 6.45) is -0.912. The van der Waals surface area contributed by atoms with Crippen LogP contribution < -0.4 is 5.43 Å². The van der Waals surface area contributed by atoms with Gasteiger partial charge in [0.2, 0.25) is 5.76 Å². The third kappa shape index (κ3) is 3.32. The Hall–Kier alpha value is -3.41. The van der Waals surface area contributed by atoms with Crippen molar-refractivity contribution in [1.82, 2.24) is 4.90 Å². The zero-order chi connectivity index (χ0) is 21.5. The van der Waals surface area contributed by atoms with Crippen LogP contribution in [0.25, 0.3) is 11.0 Å². The Kier molecular flexibility index (Phi) is 4.85. The number of rotatable bonds is 4. The lowest BCUT2D eigenvalue weighted by molar-refractivity contribution is 0.0583. The first-order valence-corrected chi connectivity index (χ1v) is 10.3. The molecule has 0 spiro atoms. The summed E-state index contributed by atoms with van der Waals surface area (Å²) in [6.45, 7) is 0.0170. The summed E-state index contributed by atoms with van der Waals surface area (Å²) >= 11 is 6.10. The van der Waals surface area contributed by atoms with E-state index in [1.54, 1.807) is 30.3 Å². The fourth-order valence-electron chi connectivity index (χ4n) is 4.13. The molecule has 0 aliphatic carbocycles. The van der Waals surface area contributed by atoms with Crippen molar-refractivity contribution >= 4 is 28.5 Å². The molecular weight excluding hydrogens is 414 g/mol. The van der Waals surface area contributed by atoms with Crippen LogP contribution in [0.1, 0.15) is 39.4 Å². The van der Waals surface area contributed by atoms with Crippen molar-refractivity contribution in [2.75, 3.05) is 6.54 Å². The molecule has 5 rings (SSSR count). The minimum absolute atomic E-state index is 0.00828. The molecule has 1 aliphatic rings. The molecule has 2 heterocycles. The Morgan fingerprint density at radius 1 is 0.968 bits per heavy atom. The first-order chi connectivity index (χ1) is 15.0. The van der Waals surface area contributed by atoms with Gasteiger partial charge in [-0.15, -0.1) is 0 Å². The maximum atomic E-state index is 13.4. The van der Waals surface area contributed by atoms with Crippen LogP contribution in [0.5, 0.6) is 0 Å². The van der Waals surface area contributed by atoms with E-state index in [1.165, 1.54) is 4.90 Å². The van der Waals surface area contributed by atoms with Crippen molar-refractivity contribution in [3.8, 4) is 0 Å². The molecule has 3 aromatic carbocycles. The van der Waals surface area contributed by atoms with Gasteiger partial charge in [0.15, 0.2) is 5.43 Å². The third-order valence-corrected chi connectivity index (χ3v) is 5.83. The van der Waals surface area contributed by atoms with Gasteiger partial charge in [-0.1, -0.05) is 72.3 Å². The van der Waals surface area contributed by atoms with Crippen LogP contribution in [0.2, 0.25) is 5.02 Å². The quantitative estimate of drug-likeness (QED) is 0.507. The van der Waals surface area contributed by atoms with Gasteiger partial charge in [0.05, 0.1) is 29.6 Å². The Bertz CT molecular complexity index is 1330. The van der Waals surface area contributed by atoms with E-state index >= 15 is 0 Å². The van der Waals surface area contributed by atoms with E-state index in [0.717, 1.165) is 5.56 Å². The van der Waals surface area contributed by atoms with E-state index < -0.39 is 18.1 Å². The topological polar surface area (TPSA) is 70.8 Å². The lowest BCUT2D eigenvalue weighted by atomic mass is 9.98. The summed E-state index contributed by atoms with van der Waals surface area (Å²) in [7, 11) is 0. The van der Waals surface area contributed by atoms with Crippen molar-refractivity contribution in [3.63, 3.8) is 0 Å². The highest BCUT2D eigenvalue weighted by Gasteiger charge is 2.43. The maximum Gasteiger partial charge on any atom is 0.291 e. The van der Waals surface area contributed by atoms with Crippen LogP contribution in [0, 0.1) is 0 Å². The summed E-state index contributed by atoms with van der Waals surface area (Å²) < 4.78 is 5.89. The zero-order valence-corrected chi connectivity index (χ0v) is 17.1. The Labute approximate surface area is 183 Å². The summed E-state index contributed by atoms with van der Waals surface area (Å²) in [5.74, 6) is -0.415. The molecule has 6 heteroatoms. The number of nitrogens with zero attached hydrogens (tertiary/aromatic N) is 1. The lowest BCUT2D eigenvalue weighted by Gasteiger charge is -2.27. The molecule has 0 bridgehead atoms. The molecule has 0 radical (unpaired) electrons. The van der Waals surface area contributed by atoms with Crippen LogP contribution in [0.4, 0.5) is 0 Å². The summed E-state index contributed by atoms with van der Waals surface area (Å²) in [5.41, 5.74) is 1.74. The highest BCUT2D eigenvalue weighted by molar-refractivity contribution is 6.31. The van der Waals surface area contributed by atoms with Gasteiger partial charge in [-0.05, 0) is 29.3 Å². The molecule has 31 heavy (non-hydrogen) atoms. The molecule has 1 amide bonds. The molecule has 4 aromatic rings. The third-order valence-electron chi connectivity index (χ3n) is 5.60. The number of hydrogen-bond acceptors (Lipinski definition) is 4. The standard InChI is InChI=1S/C25H18ClNO4/c26-17-11-12-20-18(13-17)23(29)21-22(16-9-5-2-6-10-16)27(25(30)24(21)31-20)14-19(28)15-7-3-1-4-8-15/h1-13,19,22,28H,14H2/t19-,22+/m1/s1. The molecule has 0 saturated carbocycles. The molecule has 1 aliphatic heterocycles. The van der Waals surface area contributed by atoms with Crippen molar-refractivity contribution in [3.05, 3.63) is 117 Å². The number of fused-ring (bicyclic) bond motifs is 2. The highest BCUT2D eigenvalue weighted by Crippen LogP contribution is 2.39. The van der Waals surface area contributed by atoms with Crippen LogP contribution >= 0.6 is 11.6 Å². The number of benzene rings is 3. The van der Waals surface area contributed by atoms with Crippen LogP contribution in [0.3, 0.4) is 0 Å². The van der Waals surface area contributed by atoms with Gasteiger partial charge in [-0.25, -0.2) is 0 Å². The largest absolute Gasteiger partial charge is 0.450 e. The summed E-state index contributed by atoms with van der Waals surface area (Å²) in [5, 5.41) is 11.6. The minimum Gasteiger partial charge on any atom is -0.450 e. The van der Waals surface area contributed by atoms with Crippen LogP contribution in [0.15, 0.2) is 88.1 Å². The Morgan fingerprint density at radius 3 is 2.35 bits per heavy atom. The molecular formula is C25H18ClNO4. The SMILES string of the molecule is O=C1c2oc3ccc(Cl)cc3c(=O)c2[C@H](c2ccccc2)N1C[C@@H](O)c1ccccc1. The average Bonchev–Trinajstić information content (AvgIpc) is 3.07. The summed E-state index contributed by atoms with van der Waals surface area (Å²) in [4.78, 5) is 28.3. The van der Waals surface area contributed by atoms with Gasteiger partial charge in [0, 0.05) is 5.02 Å². The number of aliphatic hydroxyl groups is 1. The fourth-order valence-corrected chi connectivity index (χ4v) is 4.30. The van der Waals surface area contributed by atoms with Crippen molar-refractivity contribution in [2.45, 2.75) is 12.1 Å². The van der Waals surface area contributed by atoms with E-state index in [0.29, 0.717) is 21.6 Å². The van der Waals surface area contributed by atoms with Crippen molar-refractivity contribution in [2.24, 2.45) is 0 Å². The van der Waals surface area contributed by atoms with E-state index in [1.807, 2.05) is 48.5 Å². The van der Waals surface area contributed by atoms with Gasteiger partial charge in [-0.3, -0.25) is 9.59 Å². The number of carbonyl (C=O) groups is 1. The number of halogens is 1. The Morgan fingerprint density at radius 2 is 1.65 bits per heavy atom. The molecule has 1 aromatic heterocycles. The van der Waals surface area contributed by atoms with Gasteiger partial charge >= 0.3 is 0 Å². The van der Waals surface area contributed by atoms with Gasteiger partial charge in [0.25, 0.3) is 5.91 Å². The van der Waals surface area contributed by atoms with E-state index in [-0.39, 0.29) is 23.3 Å². The van der Waals surface area contributed by atoms with E-state index in [9.17, 15) is 14.7 Å². The monoisotopic (exact) mass is 431 g/mol. The molecule has 1 N–H and O–H groups in total. The molecule has 154 valence electrons. The number of aliphatic hydroxyl groups excluding tert-OH is 1. The second-order valence-corrected chi connectivity index (χ2v) is 7.95. The van der Waals surface area contributed by atoms with Gasteiger partial charge < -0.3 is 14.4 Å². The lowest BCUT2D eigenvalue weighted by Crippen LogP contribution is -2.33. The Balaban J connectivity index is 1.67. The number of hydrogen-bond donors (Lipinski definition) is 1. The molecule has 0 unspecified atom stereocenters. The predicted molar refractivity (Wildman–Crippen MR) is 118 cm³/mol. The second-order valence-electron chi connectivity index (χ2n) is 7.51. The number of β-amino-alcohol motifs (C(OH)–C–C–N with tert-alkyl or cyclic N) is 1. The average molecular weight is 432 g/mol. The van der Waals surface area contributed by atoms with Crippen LogP contribution in [-0.2, 0) is 0 Å². The molecule has 2 atom stereocenters. The van der Waals surface area contributed by atoms with Gasteiger partial charge in [-0.2, -0.15) is 0 Å². The van der Waals surface area contributed by atoms with Crippen LogP contribution in [-0.4, -0.2) is 22.5 Å². The second kappa shape index (κ2) is 7.69. The van der Waals surface area contributed by atoms with E-state index in [2.05, 4.69) is 0 Å². The molecule has 0 saturated heterocycles. The summed E-state index contributed by atoms with van der Waals surface area (Å²) in [6, 6.07) is 22.5. The normalized spacial score (nSPS) is 16.5. The predicted octanol–water partition coefficient (Wildman–Crippen LogP) is 4.73. The molecule has 5 nitrogen and oxygen atoms in total. The van der Waals surface area contributed by atoms with Gasteiger partial charge in [0.1, 0.15) is 5.58 Å². The maximum absolute atomic E-state index is 13.4. The highest BCUT2D eigenvalue weighted by atomic mass is 35.5. The molecule has 0 fully saturated rings. The van der Waals surface area contributed by atoms with Crippen molar-refractivity contribution in [1.29, 1.82) is 0 Å². The number of amides is 1. The first-order valence-electron chi connectivity index (χ1n) is 9.90.